The van der Waals surface area contributed by atoms with Gasteiger partial charge in [0, 0.05) is 23.3 Å². The molecule has 0 bridgehead atoms. The molecule has 1 aromatic carbocycles. The molecule has 5 heteroatoms. The zero-order chi connectivity index (χ0) is 13.1. The van der Waals surface area contributed by atoms with Crippen LogP contribution >= 0.6 is 11.6 Å². The SMILES string of the molecule is C[C@H](N)c1ccnc(Oc2ccc(Cl)cc2F)c1. The van der Waals surface area contributed by atoms with Crippen LogP contribution in [0.5, 0.6) is 11.6 Å². The molecular formula is C13H12ClFN2O. The topological polar surface area (TPSA) is 48.1 Å². The van der Waals surface area contributed by atoms with Crippen molar-refractivity contribution in [3.8, 4) is 11.6 Å². The first-order chi connectivity index (χ1) is 8.56. The van der Waals surface area contributed by atoms with Crippen LogP contribution in [-0.2, 0) is 0 Å². The van der Waals surface area contributed by atoms with E-state index < -0.39 is 5.82 Å². The summed E-state index contributed by atoms with van der Waals surface area (Å²) in [5, 5.41) is 0.317. The van der Waals surface area contributed by atoms with Crippen molar-refractivity contribution in [3.63, 3.8) is 0 Å². The summed E-state index contributed by atoms with van der Waals surface area (Å²) in [5.41, 5.74) is 6.62. The normalized spacial score (nSPS) is 12.2. The molecule has 0 aliphatic carbocycles. The van der Waals surface area contributed by atoms with Crippen LogP contribution in [-0.4, -0.2) is 4.98 Å². The van der Waals surface area contributed by atoms with E-state index in [-0.39, 0.29) is 11.8 Å². The Balaban J connectivity index is 2.25. The van der Waals surface area contributed by atoms with Gasteiger partial charge >= 0.3 is 0 Å². The van der Waals surface area contributed by atoms with Crippen LogP contribution < -0.4 is 10.5 Å². The van der Waals surface area contributed by atoms with Crippen molar-refractivity contribution in [2.75, 3.05) is 0 Å². The van der Waals surface area contributed by atoms with Gasteiger partial charge in [-0.15, -0.1) is 0 Å². The summed E-state index contributed by atoms with van der Waals surface area (Å²) in [6.07, 6.45) is 1.57. The Hall–Kier alpha value is -1.65. The number of hydrogen-bond acceptors (Lipinski definition) is 3. The van der Waals surface area contributed by atoms with Gasteiger partial charge in [0.25, 0.3) is 0 Å². The highest BCUT2D eigenvalue weighted by Crippen LogP contribution is 2.26. The Labute approximate surface area is 109 Å². The molecule has 2 rings (SSSR count). The standard InChI is InChI=1S/C13H12ClFN2O/c1-8(16)9-4-5-17-13(6-9)18-12-3-2-10(14)7-11(12)15/h2-8H,16H2,1H3/t8-/m0/s1. The number of hydrogen-bond donors (Lipinski definition) is 1. The first-order valence-electron chi connectivity index (χ1n) is 5.40. The molecule has 0 radical (unpaired) electrons. The number of rotatable bonds is 3. The molecule has 0 unspecified atom stereocenters. The molecule has 0 aliphatic heterocycles. The smallest absolute Gasteiger partial charge is 0.219 e. The fraction of sp³-hybridized carbons (Fsp3) is 0.154. The number of halogens is 2. The highest BCUT2D eigenvalue weighted by atomic mass is 35.5. The molecule has 0 fully saturated rings. The van der Waals surface area contributed by atoms with Gasteiger partial charge in [-0.3, -0.25) is 0 Å². The molecule has 2 aromatic rings. The van der Waals surface area contributed by atoms with Gasteiger partial charge in [-0.2, -0.15) is 0 Å². The lowest BCUT2D eigenvalue weighted by Gasteiger charge is -2.09. The lowest BCUT2D eigenvalue weighted by molar-refractivity contribution is 0.426. The van der Waals surface area contributed by atoms with E-state index in [4.69, 9.17) is 22.1 Å². The molecule has 3 nitrogen and oxygen atoms in total. The van der Waals surface area contributed by atoms with Crippen LogP contribution in [0.25, 0.3) is 0 Å². The Bertz CT molecular complexity index is 560. The number of nitrogens with two attached hydrogens (primary N) is 1. The van der Waals surface area contributed by atoms with Gasteiger partial charge in [0.2, 0.25) is 5.88 Å². The molecule has 0 aliphatic rings. The predicted molar refractivity (Wildman–Crippen MR) is 68.3 cm³/mol. The summed E-state index contributed by atoms with van der Waals surface area (Å²) in [4.78, 5) is 4.00. The molecule has 2 N–H and O–H groups in total. The molecule has 94 valence electrons. The van der Waals surface area contributed by atoms with Crippen molar-refractivity contribution < 1.29 is 9.13 Å². The molecular weight excluding hydrogens is 255 g/mol. The van der Waals surface area contributed by atoms with Crippen LogP contribution in [0, 0.1) is 5.82 Å². The third-order valence-corrected chi connectivity index (χ3v) is 2.63. The predicted octanol–water partition coefficient (Wildman–Crippen LogP) is 3.69. The monoisotopic (exact) mass is 266 g/mol. The lowest BCUT2D eigenvalue weighted by Crippen LogP contribution is -2.05. The minimum atomic E-state index is -0.532. The third-order valence-electron chi connectivity index (χ3n) is 2.39. The molecule has 1 heterocycles. The van der Waals surface area contributed by atoms with E-state index in [1.54, 1.807) is 24.4 Å². The van der Waals surface area contributed by atoms with Gasteiger partial charge in [0.05, 0.1) is 0 Å². The van der Waals surface area contributed by atoms with Crippen molar-refractivity contribution in [1.82, 2.24) is 4.98 Å². The Morgan fingerprint density at radius 2 is 2.11 bits per heavy atom. The van der Waals surface area contributed by atoms with Gasteiger partial charge in [-0.25, -0.2) is 9.37 Å². The first-order valence-corrected chi connectivity index (χ1v) is 5.78. The number of aromatic nitrogens is 1. The van der Waals surface area contributed by atoms with Crippen LogP contribution in [0.1, 0.15) is 18.5 Å². The van der Waals surface area contributed by atoms with E-state index >= 15 is 0 Å². The number of nitrogens with zero attached hydrogens (tertiary/aromatic N) is 1. The summed E-state index contributed by atoms with van der Waals surface area (Å²) < 4.78 is 18.9. The second kappa shape index (κ2) is 5.33. The molecule has 0 amide bonds. The number of benzene rings is 1. The fourth-order valence-corrected chi connectivity index (χ4v) is 1.59. The van der Waals surface area contributed by atoms with Gasteiger partial charge in [0.1, 0.15) is 0 Å². The molecule has 0 saturated carbocycles. The summed E-state index contributed by atoms with van der Waals surface area (Å²) in [7, 11) is 0. The Morgan fingerprint density at radius 1 is 1.33 bits per heavy atom. The number of pyridine rings is 1. The third kappa shape index (κ3) is 2.97. The van der Waals surface area contributed by atoms with E-state index in [1.807, 2.05) is 6.92 Å². The maximum absolute atomic E-state index is 13.5. The van der Waals surface area contributed by atoms with Crippen molar-refractivity contribution in [1.29, 1.82) is 0 Å². The van der Waals surface area contributed by atoms with E-state index in [2.05, 4.69) is 4.98 Å². The van der Waals surface area contributed by atoms with E-state index in [9.17, 15) is 4.39 Å². The second-order valence-corrected chi connectivity index (χ2v) is 4.33. The Kier molecular flexibility index (Phi) is 3.79. The maximum Gasteiger partial charge on any atom is 0.219 e. The highest BCUT2D eigenvalue weighted by molar-refractivity contribution is 6.30. The van der Waals surface area contributed by atoms with Gasteiger partial charge in [-0.1, -0.05) is 11.6 Å². The average Bonchev–Trinajstić information content (AvgIpc) is 2.33. The average molecular weight is 267 g/mol. The summed E-state index contributed by atoms with van der Waals surface area (Å²) in [5.74, 6) is -0.157. The van der Waals surface area contributed by atoms with E-state index in [1.165, 1.54) is 12.1 Å². The molecule has 0 spiro atoms. The Morgan fingerprint density at radius 3 is 2.78 bits per heavy atom. The van der Waals surface area contributed by atoms with Crippen LogP contribution in [0.4, 0.5) is 4.39 Å². The van der Waals surface area contributed by atoms with E-state index in [0.717, 1.165) is 5.56 Å². The molecule has 1 atom stereocenters. The first kappa shape index (κ1) is 12.8. The second-order valence-electron chi connectivity index (χ2n) is 3.89. The zero-order valence-electron chi connectivity index (χ0n) is 9.73. The number of ether oxygens (including phenoxy) is 1. The van der Waals surface area contributed by atoms with E-state index in [0.29, 0.717) is 10.9 Å². The molecule has 1 aromatic heterocycles. The summed E-state index contributed by atoms with van der Waals surface area (Å²) in [6.45, 7) is 1.85. The van der Waals surface area contributed by atoms with Gasteiger partial charge in [0.15, 0.2) is 11.6 Å². The van der Waals surface area contributed by atoms with Crippen LogP contribution in [0.3, 0.4) is 0 Å². The summed E-state index contributed by atoms with van der Waals surface area (Å²) in [6, 6.07) is 7.53. The minimum Gasteiger partial charge on any atom is -0.436 e. The minimum absolute atomic E-state index is 0.0775. The molecule has 18 heavy (non-hydrogen) atoms. The largest absolute Gasteiger partial charge is 0.436 e. The quantitative estimate of drug-likeness (QED) is 0.922. The zero-order valence-corrected chi connectivity index (χ0v) is 10.5. The lowest BCUT2D eigenvalue weighted by atomic mass is 10.1. The highest BCUT2D eigenvalue weighted by Gasteiger charge is 2.08. The maximum atomic E-state index is 13.5. The van der Waals surface area contributed by atoms with Crippen LogP contribution in [0.15, 0.2) is 36.5 Å². The van der Waals surface area contributed by atoms with Crippen molar-refractivity contribution >= 4 is 11.6 Å². The van der Waals surface area contributed by atoms with Gasteiger partial charge in [-0.05, 0) is 36.8 Å². The summed E-state index contributed by atoms with van der Waals surface area (Å²) >= 11 is 5.66. The molecule has 0 saturated heterocycles. The van der Waals surface area contributed by atoms with Crippen LogP contribution in [0.2, 0.25) is 5.02 Å². The van der Waals surface area contributed by atoms with Crippen molar-refractivity contribution in [2.45, 2.75) is 13.0 Å². The van der Waals surface area contributed by atoms with Gasteiger partial charge < -0.3 is 10.5 Å². The van der Waals surface area contributed by atoms with Crippen molar-refractivity contribution in [2.24, 2.45) is 5.73 Å². The van der Waals surface area contributed by atoms with Crippen molar-refractivity contribution in [3.05, 3.63) is 52.9 Å². The fourth-order valence-electron chi connectivity index (χ4n) is 1.43.